The largest absolute Gasteiger partial charge is 0.465 e. The lowest BCUT2D eigenvalue weighted by atomic mass is 9.82. The van der Waals surface area contributed by atoms with Crippen molar-refractivity contribution in [2.24, 2.45) is 22.7 Å². The average molecular weight is 409 g/mol. The zero-order chi connectivity index (χ0) is 21.3. The monoisotopic (exact) mass is 409 g/mol. The third kappa shape index (κ3) is 3.87. The van der Waals surface area contributed by atoms with Gasteiger partial charge in [-0.05, 0) is 30.1 Å². The molecule has 0 saturated heterocycles. The number of esters is 1. The highest BCUT2D eigenvalue weighted by molar-refractivity contribution is 6.05. The number of alkyl halides is 3. The highest BCUT2D eigenvalue weighted by Gasteiger charge is 2.45. The van der Waals surface area contributed by atoms with Gasteiger partial charge in [0.15, 0.2) is 0 Å². The van der Waals surface area contributed by atoms with Crippen LogP contribution in [0.25, 0.3) is 0 Å². The predicted octanol–water partition coefficient (Wildman–Crippen LogP) is 2.74. The fourth-order valence-electron chi connectivity index (χ4n) is 3.87. The van der Waals surface area contributed by atoms with Crippen LogP contribution in [-0.2, 0) is 9.53 Å². The van der Waals surface area contributed by atoms with Crippen LogP contribution < -0.4 is 11.1 Å². The first-order valence-electron chi connectivity index (χ1n) is 9.06. The van der Waals surface area contributed by atoms with Crippen LogP contribution >= 0.6 is 0 Å². The second-order valence-electron chi connectivity index (χ2n) is 7.08. The van der Waals surface area contributed by atoms with Crippen LogP contribution in [0, 0.1) is 11.8 Å². The number of nitrogens with zero attached hydrogens (tertiary/aromatic N) is 1. The average Bonchev–Trinajstić information content (AvgIpc) is 3.12. The molecule has 1 aliphatic heterocycles. The molecule has 9 heteroatoms. The van der Waals surface area contributed by atoms with Crippen LogP contribution in [0.5, 0.6) is 0 Å². The van der Waals surface area contributed by atoms with Gasteiger partial charge in [0, 0.05) is 24.2 Å². The fourth-order valence-corrected chi connectivity index (χ4v) is 3.87. The van der Waals surface area contributed by atoms with Gasteiger partial charge in [-0.15, -0.1) is 0 Å². The lowest BCUT2D eigenvalue weighted by molar-refractivity contribution is -0.164. The first kappa shape index (κ1) is 20.9. The van der Waals surface area contributed by atoms with Gasteiger partial charge in [-0.3, -0.25) is 0 Å². The molecule has 3 aliphatic rings. The Bertz CT molecular complexity index is 894. The summed E-state index contributed by atoms with van der Waals surface area (Å²) in [5, 5.41) is 15.9. The van der Waals surface area contributed by atoms with Crippen molar-refractivity contribution < 1.29 is 27.9 Å². The van der Waals surface area contributed by atoms with Crippen molar-refractivity contribution in [3.05, 3.63) is 58.4 Å². The van der Waals surface area contributed by atoms with Gasteiger partial charge in [-0.1, -0.05) is 35.5 Å². The Hall–Kier alpha value is -2.81. The van der Waals surface area contributed by atoms with Crippen molar-refractivity contribution in [3.63, 3.8) is 0 Å². The number of carbonyl (C=O) groups is 1. The second-order valence-corrected chi connectivity index (χ2v) is 7.08. The summed E-state index contributed by atoms with van der Waals surface area (Å²) in [6, 6.07) is -0.572. The van der Waals surface area contributed by atoms with Crippen LogP contribution in [0.3, 0.4) is 0 Å². The van der Waals surface area contributed by atoms with Crippen molar-refractivity contribution in [1.82, 2.24) is 5.32 Å². The summed E-state index contributed by atoms with van der Waals surface area (Å²) in [6.07, 6.45) is 3.34. The van der Waals surface area contributed by atoms with Crippen molar-refractivity contribution in [1.29, 1.82) is 0 Å². The summed E-state index contributed by atoms with van der Waals surface area (Å²) in [6.45, 7) is 1.85. The van der Waals surface area contributed by atoms with E-state index in [9.17, 15) is 23.2 Å². The minimum atomic E-state index is -4.36. The minimum absolute atomic E-state index is 0.119. The Kier molecular flexibility index (Phi) is 5.70. The molecule has 0 amide bonds. The normalized spacial score (nSPS) is 28.7. The van der Waals surface area contributed by atoms with Crippen molar-refractivity contribution in [3.8, 4) is 0 Å². The summed E-state index contributed by atoms with van der Waals surface area (Å²) >= 11 is 0. The highest BCUT2D eigenvalue weighted by atomic mass is 19.4. The molecule has 3 rings (SSSR count). The fraction of sp³-hybridized carbons (Fsp3) is 0.400. The van der Waals surface area contributed by atoms with Crippen LogP contribution in [0.1, 0.15) is 13.3 Å². The number of ether oxygens (including phenoxy) is 1. The van der Waals surface area contributed by atoms with Gasteiger partial charge in [-0.2, -0.15) is 13.2 Å². The van der Waals surface area contributed by atoms with E-state index >= 15 is 0 Å². The number of allylic oxidation sites excluding steroid dienone is 4. The number of halogens is 3. The van der Waals surface area contributed by atoms with E-state index in [2.05, 4.69) is 10.5 Å². The SMILES string of the molecule is COC(=O)C1=C[C@@H](C(=N/O)/C(C)=C2/CNC3=C2C=CCC3C(F)(F)F)C(N)C=C1. The van der Waals surface area contributed by atoms with Gasteiger partial charge in [0.1, 0.15) is 0 Å². The third-order valence-corrected chi connectivity index (χ3v) is 5.42. The summed E-state index contributed by atoms with van der Waals surface area (Å²) in [5.41, 5.74) is 8.27. The Morgan fingerprint density at radius 1 is 1.38 bits per heavy atom. The number of hydrogen-bond acceptors (Lipinski definition) is 6. The van der Waals surface area contributed by atoms with Crippen molar-refractivity contribution >= 4 is 11.7 Å². The van der Waals surface area contributed by atoms with Gasteiger partial charge in [0.05, 0.1) is 24.3 Å². The molecule has 29 heavy (non-hydrogen) atoms. The molecular weight excluding hydrogens is 387 g/mol. The van der Waals surface area contributed by atoms with Crippen molar-refractivity contribution in [2.45, 2.75) is 25.6 Å². The highest BCUT2D eigenvalue weighted by Crippen LogP contribution is 2.42. The van der Waals surface area contributed by atoms with E-state index in [0.29, 0.717) is 16.7 Å². The molecule has 0 bridgehead atoms. The van der Waals surface area contributed by atoms with Gasteiger partial charge in [-0.25, -0.2) is 4.79 Å². The Morgan fingerprint density at radius 3 is 2.72 bits per heavy atom. The number of rotatable bonds is 3. The first-order chi connectivity index (χ1) is 13.7. The summed E-state index contributed by atoms with van der Waals surface area (Å²) in [4.78, 5) is 11.8. The predicted molar refractivity (Wildman–Crippen MR) is 101 cm³/mol. The lowest BCUT2D eigenvalue weighted by Crippen LogP contribution is -2.36. The molecular formula is C20H22F3N3O3. The molecule has 2 aliphatic carbocycles. The molecule has 2 unspecified atom stereocenters. The van der Waals surface area contributed by atoms with Gasteiger partial charge in [0.25, 0.3) is 0 Å². The molecule has 0 aromatic heterocycles. The zero-order valence-electron chi connectivity index (χ0n) is 16.0. The zero-order valence-corrected chi connectivity index (χ0v) is 16.0. The van der Waals surface area contributed by atoms with Gasteiger partial charge in [0.2, 0.25) is 0 Å². The molecule has 0 fully saturated rings. The molecule has 1 heterocycles. The number of nitrogens with two attached hydrogens (primary N) is 1. The maximum Gasteiger partial charge on any atom is 0.397 e. The van der Waals surface area contributed by atoms with E-state index in [0.717, 1.165) is 0 Å². The molecule has 4 N–H and O–H groups in total. The number of hydrogen-bond donors (Lipinski definition) is 3. The number of methoxy groups -OCH3 is 1. The van der Waals surface area contributed by atoms with Gasteiger partial charge >= 0.3 is 12.1 Å². The van der Waals surface area contributed by atoms with Crippen LogP contribution in [0.2, 0.25) is 0 Å². The quantitative estimate of drug-likeness (QED) is 0.288. The summed E-state index contributed by atoms with van der Waals surface area (Å²) in [7, 11) is 1.25. The van der Waals surface area contributed by atoms with E-state index in [1.165, 1.54) is 19.3 Å². The topological polar surface area (TPSA) is 96.9 Å². The van der Waals surface area contributed by atoms with Crippen LogP contribution in [-0.4, -0.2) is 42.8 Å². The van der Waals surface area contributed by atoms with Gasteiger partial charge < -0.3 is 21.0 Å². The molecule has 0 spiro atoms. The molecule has 0 aromatic carbocycles. The Morgan fingerprint density at radius 2 is 2.10 bits per heavy atom. The van der Waals surface area contributed by atoms with E-state index in [-0.39, 0.29) is 29.9 Å². The standard InChI is InChI=1S/C20H22F3N3O3/c1-10(14-9-25-18-12(14)4-3-5-15(18)20(21,22)23)17(26-28)13-8-11(19(27)29-2)6-7-16(13)24/h3-4,6-8,13,15-16,25,28H,5,9,24H2,1-2H3/b14-10-,26-17+/t13-,15?,16?/m1/s1. The molecule has 156 valence electrons. The van der Waals surface area contributed by atoms with E-state index in [1.54, 1.807) is 25.2 Å². The van der Waals surface area contributed by atoms with E-state index in [1.807, 2.05) is 0 Å². The maximum absolute atomic E-state index is 13.4. The Labute approximate surface area is 166 Å². The first-order valence-corrected chi connectivity index (χ1v) is 9.06. The third-order valence-electron chi connectivity index (χ3n) is 5.42. The number of carbonyl (C=O) groups excluding carboxylic acids is 1. The number of nitrogens with one attached hydrogen (secondary N) is 1. The van der Waals surface area contributed by atoms with Crippen molar-refractivity contribution in [2.75, 3.05) is 13.7 Å². The lowest BCUT2D eigenvalue weighted by Gasteiger charge is -2.25. The van der Waals surface area contributed by atoms with E-state index < -0.39 is 30.0 Å². The molecule has 0 radical (unpaired) electrons. The Balaban J connectivity index is 2.01. The minimum Gasteiger partial charge on any atom is -0.465 e. The van der Waals surface area contributed by atoms with Crippen LogP contribution in [0.15, 0.2) is 63.5 Å². The molecule has 3 atom stereocenters. The number of oxime groups is 1. The van der Waals surface area contributed by atoms with Crippen LogP contribution in [0.4, 0.5) is 13.2 Å². The summed E-state index contributed by atoms with van der Waals surface area (Å²) < 4.78 is 44.8. The second kappa shape index (κ2) is 7.90. The van der Waals surface area contributed by atoms with E-state index in [4.69, 9.17) is 10.5 Å². The molecule has 6 nitrogen and oxygen atoms in total. The summed E-state index contributed by atoms with van der Waals surface area (Å²) in [5.74, 6) is -2.79. The smallest absolute Gasteiger partial charge is 0.397 e. The molecule has 0 saturated carbocycles. The maximum atomic E-state index is 13.4. The molecule has 0 aromatic rings.